The Morgan fingerprint density at radius 1 is 1.10 bits per heavy atom. The van der Waals surface area contributed by atoms with Gasteiger partial charge in [-0.25, -0.2) is 15.0 Å². The minimum atomic E-state index is -1.23. The molecule has 0 bridgehead atoms. The van der Waals surface area contributed by atoms with Gasteiger partial charge in [0.15, 0.2) is 0 Å². The molecule has 13 nitrogen and oxygen atoms in total. The first-order valence-corrected chi connectivity index (χ1v) is 13.1. The van der Waals surface area contributed by atoms with Crippen molar-refractivity contribution in [1.29, 1.82) is 0 Å². The SMILES string of the molecule is CC.Cc1cccc2c1N(C(=O)[C@H](C)NC(=O)OCc1ccccc1)C(C(=O)NC(/C=N/NC(N)=O)CC(=O)O)C2. The lowest BCUT2D eigenvalue weighted by Crippen LogP contribution is -2.55. The standard InChI is InChI=1S/C26H30N6O7.C2H6/c1-15-7-6-10-18-11-20(23(35)30-19(12-21(33)34)13-28-31-25(27)37)32(22(15)18)24(36)16(2)29-26(38)39-14-17-8-4-3-5-9-17;1-2/h3-10,13,16,19-20H,11-12,14H2,1-2H3,(H,29,38)(H,30,35)(H,33,34)(H3,27,31,37);1-2H3/b28-13+;/t16-,19?,20?;/m0./s1. The van der Waals surface area contributed by atoms with E-state index < -0.39 is 54.5 Å². The maximum atomic E-state index is 13.6. The van der Waals surface area contributed by atoms with Crippen LogP contribution >= 0.6 is 0 Å². The van der Waals surface area contributed by atoms with Gasteiger partial charge in [-0.1, -0.05) is 62.4 Å². The number of hydrogen-bond acceptors (Lipinski definition) is 7. The largest absolute Gasteiger partial charge is 0.481 e. The smallest absolute Gasteiger partial charge is 0.408 e. The summed E-state index contributed by atoms with van der Waals surface area (Å²) < 4.78 is 5.21. The molecule has 0 aliphatic carbocycles. The van der Waals surface area contributed by atoms with Crippen LogP contribution in [0.3, 0.4) is 0 Å². The number of para-hydroxylation sites is 1. The molecule has 0 fully saturated rings. The number of fused-ring (bicyclic) bond motifs is 1. The summed E-state index contributed by atoms with van der Waals surface area (Å²) in [5, 5.41) is 17.8. The van der Waals surface area contributed by atoms with Crippen LogP contribution in [0.15, 0.2) is 53.6 Å². The molecule has 1 aliphatic rings. The second-order valence-electron chi connectivity index (χ2n) is 8.91. The van der Waals surface area contributed by atoms with E-state index in [0.29, 0.717) is 5.69 Å². The van der Waals surface area contributed by atoms with Crippen molar-refractivity contribution in [2.75, 3.05) is 4.90 Å². The number of carboxylic acids is 1. The molecule has 6 N–H and O–H groups in total. The van der Waals surface area contributed by atoms with Gasteiger partial charge >= 0.3 is 18.1 Å². The minimum Gasteiger partial charge on any atom is -0.481 e. The Morgan fingerprint density at radius 2 is 1.78 bits per heavy atom. The van der Waals surface area contributed by atoms with Crippen molar-refractivity contribution in [2.24, 2.45) is 10.8 Å². The average molecular weight is 569 g/mol. The number of alkyl carbamates (subject to hydrolysis) is 1. The van der Waals surface area contributed by atoms with Crippen molar-refractivity contribution in [3.63, 3.8) is 0 Å². The first-order chi connectivity index (χ1) is 19.6. The van der Waals surface area contributed by atoms with Crippen LogP contribution in [0, 0.1) is 6.92 Å². The number of benzene rings is 2. The molecule has 3 atom stereocenters. The number of aliphatic carboxylic acids is 1. The Hall–Kier alpha value is -4.94. The first kappa shape index (κ1) is 32.3. The third-order valence-electron chi connectivity index (χ3n) is 5.90. The van der Waals surface area contributed by atoms with Gasteiger partial charge in [0.1, 0.15) is 18.7 Å². The summed E-state index contributed by atoms with van der Waals surface area (Å²) >= 11 is 0. The number of urea groups is 1. The fourth-order valence-electron chi connectivity index (χ4n) is 4.17. The minimum absolute atomic E-state index is 0.0153. The number of carbonyl (C=O) groups excluding carboxylic acids is 4. The predicted octanol–water partition coefficient (Wildman–Crippen LogP) is 2.21. The fraction of sp³-hybridized carbons (Fsp3) is 0.357. The van der Waals surface area contributed by atoms with Gasteiger partial charge in [-0.2, -0.15) is 5.10 Å². The van der Waals surface area contributed by atoms with Crippen LogP contribution in [0.1, 0.15) is 43.9 Å². The monoisotopic (exact) mass is 568 g/mol. The molecule has 3 rings (SSSR count). The number of ether oxygens (including phenoxy) is 1. The Kier molecular flexibility index (Phi) is 12.3. The van der Waals surface area contributed by atoms with Crippen LogP contribution in [0.5, 0.6) is 0 Å². The van der Waals surface area contributed by atoms with E-state index in [1.807, 2.05) is 37.5 Å². The molecule has 2 unspecified atom stereocenters. The van der Waals surface area contributed by atoms with Gasteiger partial charge in [0.25, 0.3) is 0 Å². The highest BCUT2D eigenvalue weighted by Gasteiger charge is 2.41. The number of amides is 5. The number of rotatable bonds is 10. The average Bonchev–Trinajstić information content (AvgIpc) is 3.33. The van der Waals surface area contributed by atoms with E-state index in [4.69, 9.17) is 10.5 Å². The number of hydrogen-bond donors (Lipinski definition) is 5. The number of primary amides is 1. The molecule has 41 heavy (non-hydrogen) atoms. The molecule has 0 aromatic heterocycles. The molecule has 5 amide bonds. The molecule has 2 aromatic rings. The van der Waals surface area contributed by atoms with Gasteiger partial charge in [0.2, 0.25) is 11.8 Å². The van der Waals surface area contributed by atoms with Crippen LogP contribution in [0.25, 0.3) is 0 Å². The summed E-state index contributed by atoms with van der Waals surface area (Å²) in [7, 11) is 0. The number of aryl methyl sites for hydroxylation is 1. The molecular weight excluding hydrogens is 532 g/mol. The highest BCUT2D eigenvalue weighted by Crippen LogP contribution is 2.36. The topological polar surface area (TPSA) is 193 Å². The van der Waals surface area contributed by atoms with Crippen molar-refractivity contribution < 1.29 is 33.8 Å². The molecule has 1 aliphatic heterocycles. The highest BCUT2D eigenvalue weighted by atomic mass is 16.5. The third-order valence-corrected chi connectivity index (χ3v) is 5.90. The van der Waals surface area contributed by atoms with E-state index in [9.17, 15) is 29.1 Å². The number of hydrazone groups is 1. The number of anilines is 1. The number of carboxylic acid groups (broad SMARTS) is 1. The summed E-state index contributed by atoms with van der Waals surface area (Å²) in [6.07, 6.45) is -0.142. The molecule has 0 saturated heterocycles. The molecule has 220 valence electrons. The maximum Gasteiger partial charge on any atom is 0.408 e. The number of nitrogens with zero attached hydrogens (tertiary/aromatic N) is 2. The Labute approximate surface area is 238 Å². The molecular formula is C28H36N6O7. The molecule has 0 spiro atoms. The quantitative estimate of drug-likeness (QED) is 0.214. The van der Waals surface area contributed by atoms with Gasteiger partial charge in [-0.05, 0) is 30.5 Å². The fourth-order valence-corrected chi connectivity index (χ4v) is 4.17. The lowest BCUT2D eigenvalue weighted by Gasteiger charge is -2.29. The van der Waals surface area contributed by atoms with Crippen LogP contribution in [-0.2, 0) is 32.1 Å². The summed E-state index contributed by atoms with van der Waals surface area (Å²) in [6.45, 7) is 7.29. The Bertz CT molecular complexity index is 1270. The van der Waals surface area contributed by atoms with E-state index >= 15 is 0 Å². The van der Waals surface area contributed by atoms with Crippen LogP contribution in [0.4, 0.5) is 15.3 Å². The van der Waals surface area contributed by atoms with Crippen LogP contribution in [0.2, 0.25) is 0 Å². The van der Waals surface area contributed by atoms with Crippen molar-refractivity contribution >= 4 is 41.8 Å². The molecule has 2 aromatic carbocycles. The van der Waals surface area contributed by atoms with Gasteiger partial charge in [-0.3, -0.25) is 19.3 Å². The van der Waals surface area contributed by atoms with Crippen LogP contribution < -0.4 is 26.7 Å². The van der Waals surface area contributed by atoms with E-state index in [1.54, 1.807) is 37.3 Å². The summed E-state index contributed by atoms with van der Waals surface area (Å²) in [6, 6.07) is 10.3. The molecule has 0 radical (unpaired) electrons. The predicted molar refractivity (Wildman–Crippen MR) is 152 cm³/mol. The maximum absolute atomic E-state index is 13.6. The summed E-state index contributed by atoms with van der Waals surface area (Å²) in [5.74, 6) is -2.43. The number of carbonyl (C=O) groups is 5. The Morgan fingerprint density at radius 3 is 2.41 bits per heavy atom. The zero-order valence-electron chi connectivity index (χ0n) is 23.4. The lowest BCUT2D eigenvalue weighted by atomic mass is 10.1. The van der Waals surface area contributed by atoms with E-state index in [-0.39, 0.29) is 13.0 Å². The second-order valence-corrected chi connectivity index (χ2v) is 8.91. The van der Waals surface area contributed by atoms with Crippen LogP contribution in [-0.4, -0.2) is 59.4 Å². The number of nitrogens with one attached hydrogen (secondary N) is 3. The van der Waals surface area contributed by atoms with Gasteiger partial charge in [-0.15, -0.1) is 0 Å². The van der Waals surface area contributed by atoms with E-state index in [1.165, 1.54) is 11.8 Å². The third kappa shape index (κ3) is 9.34. The number of nitrogens with two attached hydrogens (primary N) is 1. The van der Waals surface area contributed by atoms with Gasteiger partial charge < -0.3 is 26.2 Å². The van der Waals surface area contributed by atoms with Gasteiger partial charge in [0.05, 0.1) is 18.2 Å². The van der Waals surface area contributed by atoms with E-state index in [0.717, 1.165) is 22.9 Å². The van der Waals surface area contributed by atoms with Gasteiger partial charge in [0, 0.05) is 12.6 Å². The molecule has 1 heterocycles. The summed E-state index contributed by atoms with van der Waals surface area (Å²) in [5.41, 5.74) is 9.69. The highest BCUT2D eigenvalue weighted by molar-refractivity contribution is 6.07. The molecule has 13 heteroatoms. The zero-order chi connectivity index (χ0) is 30.5. The molecule has 0 saturated carbocycles. The van der Waals surface area contributed by atoms with Crippen molar-refractivity contribution in [3.05, 3.63) is 65.2 Å². The van der Waals surface area contributed by atoms with Crippen molar-refractivity contribution in [1.82, 2.24) is 16.1 Å². The van der Waals surface area contributed by atoms with Crippen molar-refractivity contribution in [2.45, 2.75) is 65.3 Å². The van der Waals surface area contributed by atoms with E-state index in [2.05, 4.69) is 15.7 Å². The normalized spacial score (nSPS) is 15.0. The van der Waals surface area contributed by atoms with Crippen molar-refractivity contribution in [3.8, 4) is 0 Å². The Balaban J connectivity index is 0.00000287. The summed E-state index contributed by atoms with van der Waals surface area (Å²) in [4.78, 5) is 62.8. The first-order valence-electron chi connectivity index (χ1n) is 13.1. The lowest BCUT2D eigenvalue weighted by molar-refractivity contribution is -0.137. The second kappa shape index (κ2) is 15.6. The zero-order valence-corrected chi connectivity index (χ0v) is 23.4.